The topological polar surface area (TPSA) is 53.4 Å². The van der Waals surface area contributed by atoms with Crippen LogP contribution in [0, 0.1) is 11.3 Å². The molecule has 3 rings (SSSR count). The zero-order chi connectivity index (χ0) is 21.1. The molecular weight excluding hydrogens is 346 g/mol. The summed E-state index contributed by atoms with van der Waals surface area (Å²) in [5.41, 5.74) is 6.44. The van der Waals surface area contributed by atoms with E-state index in [1.165, 1.54) is 12.0 Å². The van der Waals surface area contributed by atoms with E-state index in [4.69, 9.17) is 4.98 Å². The predicted octanol–water partition coefficient (Wildman–Crippen LogP) is 6.32. The van der Waals surface area contributed by atoms with Crippen molar-refractivity contribution in [1.82, 2.24) is 4.98 Å². The molecule has 0 fully saturated rings. The monoisotopic (exact) mass is 387 g/mol. The molecule has 2 aliphatic carbocycles. The van der Waals surface area contributed by atoms with Crippen molar-refractivity contribution in [3.63, 3.8) is 0 Å². The smallest absolute Gasteiger partial charge is 0.0819 e. The van der Waals surface area contributed by atoms with Gasteiger partial charge in [-0.05, 0) is 60.5 Å². The molecule has 3 nitrogen and oxygen atoms in total. The van der Waals surface area contributed by atoms with Crippen molar-refractivity contribution >= 4 is 5.57 Å². The van der Waals surface area contributed by atoms with Crippen molar-refractivity contribution in [2.24, 2.45) is 11.3 Å². The summed E-state index contributed by atoms with van der Waals surface area (Å²) in [6.45, 7) is 15.3. The second-order valence-electron chi connectivity index (χ2n) is 10.0. The predicted molar refractivity (Wildman–Crippen MR) is 118 cm³/mol. The summed E-state index contributed by atoms with van der Waals surface area (Å²) in [6, 6.07) is 0. The zero-order valence-electron chi connectivity index (χ0n) is 19.1. The third-order valence-corrected chi connectivity index (χ3v) is 6.06. The van der Waals surface area contributed by atoms with Crippen LogP contribution < -0.4 is 0 Å². The number of rotatable bonds is 4. The van der Waals surface area contributed by atoms with Crippen LogP contribution in [-0.4, -0.2) is 15.2 Å². The maximum absolute atomic E-state index is 10.8. The average Bonchev–Trinajstić information content (AvgIpc) is 3.13. The fraction of sp³-hybridized carbons (Fsp3) is 0.720. The van der Waals surface area contributed by atoms with Gasteiger partial charge in [-0.2, -0.15) is 0 Å². The van der Waals surface area contributed by atoms with Crippen LogP contribution in [0.15, 0.2) is 6.08 Å². The fourth-order valence-corrected chi connectivity index (χ4v) is 4.25. The maximum Gasteiger partial charge on any atom is 0.0819 e. The van der Waals surface area contributed by atoms with Gasteiger partial charge >= 0.3 is 0 Å². The number of aromatic nitrogens is 1. The van der Waals surface area contributed by atoms with E-state index in [9.17, 15) is 10.2 Å². The van der Waals surface area contributed by atoms with Crippen LogP contribution in [0.4, 0.5) is 0 Å². The molecule has 1 aromatic rings. The molecule has 2 aliphatic rings. The van der Waals surface area contributed by atoms with Crippen LogP contribution in [-0.2, 0) is 13.0 Å². The lowest BCUT2D eigenvalue weighted by Gasteiger charge is -2.37. The summed E-state index contributed by atoms with van der Waals surface area (Å²) >= 11 is 0. The van der Waals surface area contributed by atoms with Crippen LogP contribution in [0.1, 0.15) is 121 Å². The first-order valence-corrected chi connectivity index (χ1v) is 11.1. The number of hydrogen-bond donors (Lipinski definition) is 2. The Labute approximate surface area is 172 Å². The van der Waals surface area contributed by atoms with Gasteiger partial charge in [0.25, 0.3) is 0 Å². The Morgan fingerprint density at radius 3 is 2.32 bits per heavy atom. The standard InChI is InChI=1S/C20H29NO2.C5H12/c1-12(2)19-14(11-22)17(13-7-5-6-8-13)18-15(21-19)9-20(3,4)10-16(18)23;1-4-5(2)3/h7,12,16,22-23H,5-6,8-11H2,1-4H3;5H,4H2,1-3H3. The number of nitrogens with zero attached hydrogens (tertiary/aromatic N) is 1. The fourth-order valence-electron chi connectivity index (χ4n) is 4.25. The molecule has 1 unspecified atom stereocenters. The number of aliphatic hydroxyl groups excluding tert-OH is 2. The Morgan fingerprint density at radius 2 is 1.86 bits per heavy atom. The lowest BCUT2D eigenvalue weighted by molar-refractivity contribution is 0.0974. The second kappa shape index (κ2) is 9.54. The van der Waals surface area contributed by atoms with Crippen LogP contribution in [0.3, 0.4) is 0 Å². The lowest BCUT2D eigenvalue weighted by Crippen LogP contribution is -2.29. The van der Waals surface area contributed by atoms with E-state index in [2.05, 4.69) is 54.5 Å². The first-order chi connectivity index (χ1) is 13.1. The molecule has 1 atom stereocenters. The molecule has 2 N–H and O–H groups in total. The van der Waals surface area contributed by atoms with E-state index < -0.39 is 6.10 Å². The molecule has 0 aromatic carbocycles. The minimum absolute atomic E-state index is 0.00339. The van der Waals surface area contributed by atoms with Crippen molar-refractivity contribution in [3.05, 3.63) is 34.2 Å². The largest absolute Gasteiger partial charge is 0.392 e. The van der Waals surface area contributed by atoms with Gasteiger partial charge in [-0.1, -0.05) is 61.0 Å². The number of allylic oxidation sites excluding steroid dienone is 2. The lowest BCUT2D eigenvalue weighted by atomic mass is 9.72. The molecule has 1 heterocycles. The van der Waals surface area contributed by atoms with Crippen molar-refractivity contribution in [2.75, 3.05) is 0 Å². The molecular formula is C25H41NO2. The Hall–Kier alpha value is -1.19. The first kappa shape index (κ1) is 23.1. The van der Waals surface area contributed by atoms with Gasteiger partial charge in [-0.3, -0.25) is 4.98 Å². The molecule has 0 amide bonds. The summed E-state index contributed by atoms with van der Waals surface area (Å²) in [6.07, 6.45) is 8.05. The minimum Gasteiger partial charge on any atom is -0.392 e. The molecule has 28 heavy (non-hydrogen) atoms. The second-order valence-corrected chi connectivity index (χ2v) is 10.0. The van der Waals surface area contributed by atoms with Crippen molar-refractivity contribution < 1.29 is 10.2 Å². The maximum atomic E-state index is 10.8. The van der Waals surface area contributed by atoms with Crippen LogP contribution in [0.5, 0.6) is 0 Å². The van der Waals surface area contributed by atoms with E-state index >= 15 is 0 Å². The van der Waals surface area contributed by atoms with Gasteiger partial charge in [-0.15, -0.1) is 0 Å². The summed E-state index contributed by atoms with van der Waals surface area (Å²) in [7, 11) is 0. The molecule has 0 spiro atoms. The Morgan fingerprint density at radius 1 is 1.21 bits per heavy atom. The number of fused-ring (bicyclic) bond motifs is 1. The van der Waals surface area contributed by atoms with Crippen LogP contribution in [0.25, 0.3) is 5.57 Å². The Balaban J connectivity index is 0.000000500. The van der Waals surface area contributed by atoms with Crippen molar-refractivity contribution in [3.8, 4) is 0 Å². The van der Waals surface area contributed by atoms with Gasteiger partial charge in [0, 0.05) is 22.5 Å². The highest BCUT2D eigenvalue weighted by Gasteiger charge is 2.36. The molecule has 0 bridgehead atoms. The Kier molecular flexibility index (Phi) is 7.87. The van der Waals surface area contributed by atoms with Gasteiger partial charge in [-0.25, -0.2) is 0 Å². The van der Waals surface area contributed by atoms with E-state index in [1.54, 1.807) is 0 Å². The molecule has 0 radical (unpaired) electrons. The third-order valence-electron chi connectivity index (χ3n) is 6.06. The van der Waals surface area contributed by atoms with Gasteiger partial charge in [0.15, 0.2) is 0 Å². The van der Waals surface area contributed by atoms with E-state index in [0.717, 1.165) is 66.1 Å². The summed E-state index contributed by atoms with van der Waals surface area (Å²) in [5.74, 6) is 1.15. The van der Waals surface area contributed by atoms with Crippen molar-refractivity contribution in [1.29, 1.82) is 0 Å². The Bertz CT molecular complexity index is 701. The van der Waals surface area contributed by atoms with Gasteiger partial charge in [0.2, 0.25) is 0 Å². The first-order valence-electron chi connectivity index (χ1n) is 11.1. The van der Waals surface area contributed by atoms with E-state index in [-0.39, 0.29) is 17.9 Å². The highest BCUT2D eigenvalue weighted by molar-refractivity contribution is 5.74. The van der Waals surface area contributed by atoms with Crippen LogP contribution >= 0.6 is 0 Å². The van der Waals surface area contributed by atoms with Gasteiger partial charge in [0.1, 0.15) is 0 Å². The van der Waals surface area contributed by atoms with Crippen molar-refractivity contribution in [2.45, 2.75) is 106 Å². The summed E-state index contributed by atoms with van der Waals surface area (Å²) in [4.78, 5) is 4.91. The van der Waals surface area contributed by atoms with E-state index in [0.29, 0.717) is 0 Å². The third kappa shape index (κ3) is 5.24. The minimum atomic E-state index is -0.482. The number of aliphatic hydroxyl groups is 2. The SMILES string of the molecule is CC(C)c1nc2c(c(C3=CCCC3)c1CO)C(O)CC(C)(C)C2.CCC(C)C. The van der Waals surface area contributed by atoms with Gasteiger partial charge < -0.3 is 10.2 Å². The molecule has 1 aromatic heterocycles. The molecule has 0 saturated carbocycles. The number of pyridine rings is 1. The normalized spacial score (nSPS) is 20.7. The molecule has 158 valence electrons. The highest BCUT2D eigenvalue weighted by Crippen LogP contribution is 2.46. The van der Waals surface area contributed by atoms with Gasteiger partial charge in [0.05, 0.1) is 12.7 Å². The quantitative estimate of drug-likeness (QED) is 0.635. The van der Waals surface area contributed by atoms with E-state index in [1.807, 2.05) is 0 Å². The molecule has 0 aliphatic heterocycles. The summed E-state index contributed by atoms with van der Waals surface area (Å²) in [5, 5.41) is 20.9. The average molecular weight is 388 g/mol. The summed E-state index contributed by atoms with van der Waals surface area (Å²) < 4.78 is 0. The molecule has 3 heteroatoms. The molecule has 0 saturated heterocycles. The van der Waals surface area contributed by atoms with Crippen LogP contribution in [0.2, 0.25) is 0 Å². The zero-order valence-corrected chi connectivity index (χ0v) is 19.1. The number of hydrogen-bond acceptors (Lipinski definition) is 3. The highest BCUT2D eigenvalue weighted by atomic mass is 16.3.